The van der Waals surface area contributed by atoms with E-state index < -0.39 is 0 Å². The first kappa shape index (κ1) is 24.6. The predicted octanol–water partition coefficient (Wildman–Crippen LogP) is 8.42. The Kier molecular flexibility index (Phi) is 6.83. The molecule has 0 N–H and O–H groups in total. The van der Waals surface area contributed by atoms with E-state index >= 15 is 0 Å². The van der Waals surface area contributed by atoms with Crippen molar-refractivity contribution in [1.29, 1.82) is 0 Å². The third kappa shape index (κ3) is 3.77. The van der Waals surface area contributed by atoms with E-state index in [1.165, 1.54) is 38.5 Å². The van der Waals surface area contributed by atoms with Gasteiger partial charge in [-0.15, -0.1) is 0 Å². The molecule has 4 aliphatic carbocycles. The topological polar surface area (TPSA) is 18.5 Å². The summed E-state index contributed by atoms with van der Waals surface area (Å²) in [4.78, 5) is 0. The molecule has 0 bridgehead atoms. The molecule has 0 aliphatic heterocycles. The Morgan fingerprint density at radius 2 is 1.84 bits per heavy atom. The smallest absolute Gasteiger partial charge is 0.155 e. The van der Waals surface area contributed by atoms with Crippen molar-refractivity contribution in [2.45, 2.75) is 106 Å². The minimum absolute atomic E-state index is 0.119. The summed E-state index contributed by atoms with van der Waals surface area (Å²) in [5.74, 6) is 1.87. The Morgan fingerprint density at radius 1 is 1.09 bits per heavy atom. The van der Waals surface area contributed by atoms with Crippen molar-refractivity contribution in [2.24, 2.45) is 34.0 Å². The zero-order valence-corrected chi connectivity index (χ0v) is 22.2. The van der Waals surface area contributed by atoms with Crippen molar-refractivity contribution < 1.29 is 9.47 Å². The zero-order valence-electron chi connectivity index (χ0n) is 21.5. The van der Waals surface area contributed by atoms with Crippen LogP contribution in [-0.2, 0) is 9.47 Å². The van der Waals surface area contributed by atoms with E-state index in [4.69, 9.17) is 21.1 Å². The van der Waals surface area contributed by atoms with Crippen LogP contribution in [0.4, 0.5) is 0 Å². The van der Waals surface area contributed by atoms with Gasteiger partial charge in [-0.05, 0) is 104 Å². The van der Waals surface area contributed by atoms with Crippen molar-refractivity contribution in [1.82, 2.24) is 0 Å². The Morgan fingerprint density at radius 3 is 2.53 bits per heavy atom. The summed E-state index contributed by atoms with van der Waals surface area (Å²) in [6.07, 6.45) is 13.6. The van der Waals surface area contributed by atoms with Crippen LogP contribution in [0.3, 0.4) is 0 Å². The van der Waals surface area contributed by atoms with Crippen LogP contribution in [0.5, 0.6) is 0 Å². The van der Waals surface area contributed by atoms with E-state index in [-0.39, 0.29) is 17.8 Å². The fourth-order valence-corrected chi connectivity index (χ4v) is 8.72. The van der Waals surface area contributed by atoms with Crippen molar-refractivity contribution in [2.75, 3.05) is 6.61 Å². The lowest BCUT2D eigenvalue weighted by Gasteiger charge is -2.60. The summed E-state index contributed by atoms with van der Waals surface area (Å²) < 4.78 is 12.2. The lowest BCUT2D eigenvalue weighted by atomic mass is 9.46. The van der Waals surface area contributed by atoms with Gasteiger partial charge in [0.25, 0.3) is 0 Å². The number of ether oxygens (including phenoxy) is 2. The first-order chi connectivity index (χ1) is 15.1. The maximum absolute atomic E-state index is 6.46. The second-order valence-electron chi connectivity index (χ2n) is 12.0. The van der Waals surface area contributed by atoms with E-state index in [0.717, 1.165) is 6.42 Å². The van der Waals surface area contributed by atoms with E-state index in [9.17, 15) is 0 Å². The van der Waals surface area contributed by atoms with Gasteiger partial charge in [0.15, 0.2) is 6.29 Å². The van der Waals surface area contributed by atoms with Crippen LogP contribution >= 0.6 is 11.6 Å². The first-order valence-electron chi connectivity index (χ1n) is 13.1. The quantitative estimate of drug-likeness (QED) is 0.370. The molecule has 4 rings (SSSR count). The number of fused-ring (bicyclic) bond motifs is 4. The van der Waals surface area contributed by atoms with E-state index in [1.807, 2.05) is 6.92 Å². The Hall–Kier alpha value is -0.570. The first-order valence-corrected chi connectivity index (χ1v) is 13.5. The molecular weight excluding hydrogens is 416 g/mol. The number of halogens is 1. The van der Waals surface area contributed by atoms with Gasteiger partial charge in [-0.1, -0.05) is 63.9 Å². The third-order valence-electron chi connectivity index (χ3n) is 10.2. The molecule has 0 aromatic carbocycles. The summed E-state index contributed by atoms with van der Waals surface area (Å²) >= 11 is 5.96. The largest absolute Gasteiger partial charge is 0.353 e. The Balaban J connectivity index is 1.62. The molecule has 32 heavy (non-hydrogen) atoms. The fourth-order valence-electron chi connectivity index (χ4n) is 8.50. The monoisotopic (exact) mass is 460 g/mol. The molecule has 0 aromatic rings. The second kappa shape index (κ2) is 8.90. The van der Waals surface area contributed by atoms with Gasteiger partial charge in [-0.3, -0.25) is 0 Å². The lowest BCUT2D eigenvalue weighted by molar-refractivity contribution is -0.214. The summed E-state index contributed by atoms with van der Waals surface area (Å²) in [7, 11) is 0. The van der Waals surface area contributed by atoms with Crippen LogP contribution < -0.4 is 0 Å². The highest BCUT2D eigenvalue weighted by Gasteiger charge is 2.58. The van der Waals surface area contributed by atoms with Crippen molar-refractivity contribution >= 4 is 11.6 Å². The summed E-state index contributed by atoms with van der Waals surface area (Å²) in [5, 5.41) is 0. The molecular formula is C29H45ClO2. The molecule has 2 nitrogen and oxygen atoms in total. The summed E-state index contributed by atoms with van der Waals surface area (Å²) in [6, 6.07) is 0. The van der Waals surface area contributed by atoms with E-state index in [0.29, 0.717) is 35.2 Å². The number of rotatable bonds is 6. The maximum atomic E-state index is 6.46. The molecule has 0 aromatic heterocycles. The average molecular weight is 461 g/mol. The maximum Gasteiger partial charge on any atom is 0.155 e. The molecule has 0 amide bonds. The molecule has 0 saturated heterocycles. The van der Waals surface area contributed by atoms with Crippen molar-refractivity contribution in [3.63, 3.8) is 0 Å². The molecule has 1 fully saturated rings. The van der Waals surface area contributed by atoms with Crippen LogP contribution in [0.15, 0.2) is 34.4 Å². The molecule has 1 unspecified atom stereocenters. The van der Waals surface area contributed by atoms with Crippen LogP contribution in [0, 0.1) is 34.0 Å². The molecule has 0 heterocycles. The number of hydrogen-bond donors (Lipinski definition) is 0. The third-order valence-corrected chi connectivity index (χ3v) is 10.3. The predicted molar refractivity (Wildman–Crippen MR) is 135 cm³/mol. The van der Waals surface area contributed by atoms with Gasteiger partial charge >= 0.3 is 0 Å². The Bertz CT molecular complexity index is 808. The highest BCUT2D eigenvalue weighted by molar-refractivity contribution is 6.25. The van der Waals surface area contributed by atoms with Crippen LogP contribution in [0.2, 0.25) is 0 Å². The lowest BCUT2D eigenvalue weighted by Crippen LogP contribution is -2.54. The minimum Gasteiger partial charge on any atom is -0.353 e. The molecule has 3 heteroatoms. The van der Waals surface area contributed by atoms with E-state index in [1.54, 1.807) is 22.3 Å². The van der Waals surface area contributed by atoms with Gasteiger partial charge in [-0.2, -0.15) is 0 Å². The molecule has 0 radical (unpaired) electrons. The molecule has 1 saturated carbocycles. The summed E-state index contributed by atoms with van der Waals surface area (Å²) in [5.41, 5.74) is 7.71. The van der Waals surface area contributed by atoms with Gasteiger partial charge in [0, 0.05) is 12.1 Å². The van der Waals surface area contributed by atoms with Crippen LogP contribution in [0.1, 0.15) is 93.4 Å². The number of hydrogen-bond acceptors (Lipinski definition) is 2. The van der Waals surface area contributed by atoms with Gasteiger partial charge < -0.3 is 9.47 Å². The number of allylic oxidation sites excluding steroid dienone is 5. The van der Waals surface area contributed by atoms with Gasteiger partial charge in [0.2, 0.25) is 0 Å². The zero-order chi connectivity index (χ0) is 23.3. The highest BCUT2D eigenvalue weighted by Crippen LogP contribution is 2.66. The Labute approximate surface area is 201 Å². The van der Waals surface area contributed by atoms with Gasteiger partial charge in [0.05, 0.1) is 6.10 Å². The normalized spacial score (nSPS) is 40.5. The van der Waals surface area contributed by atoms with Crippen LogP contribution in [0.25, 0.3) is 0 Å². The second-order valence-corrected chi connectivity index (χ2v) is 12.3. The summed E-state index contributed by atoms with van der Waals surface area (Å²) in [6.45, 7) is 17.2. The standard InChI is InChI=1S/C29H45ClO2/c1-8-31-20(3)32-26-14-17-29(7)24-13-16-28(6)22(19(2)15-18-30)10-11-23(28)21(24)9-12-25(29)27(26,4)5/h11,15,18-20,22,25-26H,8-10,12-14,16-17H2,1-7H3/t19-,20?,22-,25+,26+,28-,29-/m1/s1. The van der Waals surface area contributed by atoms with Crippen molar-refractivity contribution in [3.05, 3.63) is 34.4 Å². The van der Waals surface area contributed by atoms with Crippen molar-refractivity contribution in [3.8, 4) is 0 Å². The molecule has 4 aliphatic rings. The minimum atomic E-state index is -0.119. The highest BCUT2D eigenvalue weighted by atomic mass is 35.5. The van der Waals surface area contributed by atoms with Gasteiger partial charge in [-0.25, -0.2) is 0 Å². The molecule has 7 atom stereocenters. The van der Waals surface area contributed by atoms with Gasteiger partial charge in [0.1, 0.15) is 0 Å². The van der Waals surface area contributed by atoms with Crippen LogP contribution in [-0.4, -0.2) is 19.0 Å². The van der Waals surface area contributed by atoms with E-state index in [2.05, 4.69) is 53.7 Å². The average Bonchev–Trinajstić information content (AvgIpc) is 3.08. The molecule has 0 spiro atoms. The molecule has 180 valence electrons. The fraction of sp³-hybridized carbons (Fsp3) is 0.793. The SMILES string of the molecule is CCOC(C)O[C@H]1CC[C@]2(C)C3=C(CC[C@H]2C1(C)C)C1=CC[C@H]([C@H](C)C=CCl)[C@@]1(C)CC3.